The lowest BCUT2D eigenvalue weighted by Gasteiger charge is -2.23. The summed E-state index contributed by atoms with van der Waals surface area (Å²) in [7, 11) is 1.83. The van der Waals surface area contributed by atoms with Gasteiger partial charge in [0.15, 0.2) is 0 Å². The first kappa shape index (κ1) is 19.9. The zero-order valence-electron chi connectivity index (χ0n) is 16.1. The van der Waals surface area contributed by atoms with Crippen LogP contribution in [-0.2, 0) is 16.1 Å². The van der Waals surface area contributed by atoms with E-state index in [2.05, 4.69) is 10.1 Å². The van der Waals surface area contributed by atoms with Crippen molar-refractivity contribution >= 4 is 5.91 Å². The molecule has 154 valence electrons. The normalized spacial score (nSPS) is 24.6. The van der Waals surface area contributed by atoms with Crippen LogP contribution in [0.2, 0.25) is 0 Å². The molecule has 4 nitrogen and oxygen atoms in total. The molecule has 7 heteroatoms. The van der Waals surface area contributed by atoms with E-state index < -0.39 is 18.5 Å². The Morgan fingerprint density at radius 1 is 1.17 bits per heavy atom. The fourth-order valence-electron chi connectivity index (χ4n) is 4.43. The molecular formula is C22H23F3N2O2. The van der Waals surface area contributed by atoms with Crippen molar-refractivity contribution in [3.63, 3.8) is 0 Å². The molecule has 2 aromatic carbocycles. The number of hydrogen-bond acceptors (Lipinski definition) is 3. The Labute approximate surface area is 167 Å². The molecule has 2 aromatic rings. The average molecular weight is 404 g/mol. The van der Waals surface area contributed by atoms with E-state index in [9.17, 15) is 18.0 Å². The zero-order valence-corrected chi connectivity index (χ0v) is 16.1. The lowest BCUT2D eigenvalue weighted by molar-refractivity contribution is -0.330. The maximum atomic E-state index is 12.5. The second-order valence-electron chi connectivity index (χ2n) is 7.81. The van der Waals surface area contributed by atoms with Crippen molar-refractivity contribution in [2.75, 3.05) is 13.6 Å². The summed E-state index contributed by atoms with van der Waals surface area (Å²) in [5.74, 6) is 0.144. The number of benzene rings is 2. The van der Waals surface area contributed by atoms with Crippen molar-refractivity contribution in [3.05, 3.63) is 59.7 Å². The van der Waals surface area contributed by atoms with Gasteiger partial charge in [0.2, 0.25) is 5.91 Å². The molecule has 0 saturated carbocycles. The minimum Gasteiger partial charge on any atom is -0.344 e. The molecule has 0 aliphatic carbocycles. The van der Waals surface area contributed by atoms with Crippen LogP contribution < -0.4 is 5.32 Å². The number of rotatable bonds is 4. The molecular weight excluding hydrogens is 381 g/mol. The van der Waals surface area contributed by atoms with E-state index in [1.165, 1.54) is 0 Å². The summed E-state index contributed by atoms with van der Waals surface area (Å²) in [5.41, 5.74) is 2.58. The van der Waals surface area contributed by atoms with Crippen molar-refractivity contribution in [1.82, 2.24) is 10.2 Å². The van der Waals surface area contributed by atoms with Crippen LogP contribution in [0.25, 0.3) is 11.1 Å². The molecule has 1 amide bonds. The number of nitrogens with zero attached hydrogens (tertiary/aromatic N) is 1. The Balaban J connectivity index is 1.57. The summed E-state index contributed by atoms with van der Waals surface area (Å²) in [6.07, 6.45) is -2.23. The van der Waals surface area contributed by atoms with Gasteiger partial charge in [0.25, 0.3) is 0 Å². The van der Waals surface area contributed by atoms with E-state index in [1.54, 1.807) is 29.2 Å². The number of alkyl halides is 3. The SMILES string of the molecule is CN1CC[C@]2(CC[C@H](c3cccc(-c4ccccc4COC(F)(F)F)c3)N2)C1=O. The van der Waals surface area contributed by atoms with Gasteiger partial charge in [-0.2, -0.15) is 0 Å². The first-order valence-electron chi connectivity index (χ1n) is 9.70. The van der Waals surface area contributed by atoms with Gasteiger partial charge in [-0.3, -0.25) is 14.8 Å². The molecule has 2 aliphatic rings. The number of hydrogen-bond donors (Lipinski definition) is 1. The number of carbonyl (C=O) groups excluding carboxylic acids is 1. The van der Waals surface area contributed by atoms with Gasteiger partial charge in [0.05, 0.1) is 6.61 Å². The van der Waals surface area contributed by atoms with E-state index in [4.69, 9.17) is 0 Å². The summed E-state index contributed by atoms with van der Waals surface area (Å²) in [5, 5.41) is 3.54. The summed E-state index contributed by atoms with van der Waals surface area (Å²) < 4.78 is 41.5. The number of halogens is 3. The maximum absolute atomic E-state index is 12.5. The molecule has 0 radical (unpaired) electrons. The smallest absolute Gasteiger partial charge is 0.344 e. The molecule has 29 heavy (non-hydrogen) atoms. The first-order chi connectivity index (χ1) is 13.8. The van der Waals surface area contributed by atoms with E-state index in [1.807, 2.05) is 31.3 Å². The second kappa shape index (κ2) is 7.46. The standard InChI is InChI=1S/C22H23F3N2O2/c1-27-12-11-21(20(27)28)10-9-19(26-21)16-7-4-6-15(13-16)18-8-3-2-5-17(18)14-29-22(23,24)25/h2-8,13,19,26H,9-12,14H2,1H3/t19-,21-/m1/s1. The molecule has 2 fully saturated rings. The van der Waals surface area contributed by atoms with Crippen LogP contribution in [0.5, 0.6) is 0 Å². The summed E-state index contributed by atoms with van der Waals surface area (Å²) in [6, 6.07) is 14.8. The van der Waals surface area contributed by atoms with Gasteiger partial charge in [-0.15, -0.1) is 13.2 Å². The Morgan fingerprint density at radius 2 is 1.97 bits per heavy atom. The van der Waals surface area contributed by atoms with E-state index in [0.717, 1.165) is 36.9 Å². The first-order valence-corrected chi connectivity index (χ1v) is 9.70. The molecule has 4 rings (SSSR count). The topological polar surface area (TPSA) is 41.6 Å². The molecule has 0 unspecified atom stereocenters. The van der Waals surface area contributed by atoms with Crippen molar-refractivity contribution in [1.29, 1.82) is 0 Å². The average Bonchev–Trinajstić information content (AvgIpc) is 3.26. The molecule has 2 atom stereocenters. The predicted octanol–water partition coefficient (Wildman–Crippen LogP) is 4.42. The van der Waals surface area contributed by atoms with Crippen LogP contribution in [0.15, 0.2) is 48.5 Å². The van der Waals surface area contributed by atoms with Crippen molar-refractivity contribution in [2.45, 2.75) is 43.8 Å². The minimum atomic E-state index is -4.67. The summed E-state index contributed by atoms with van der Waals surface area (Å²) in [6.45, 7) is 0.223. The van der Waals surface area contributed by atoms with Gasteiger partial charge >= 0.3 is 6.36 Å². The summed E-state index contributed by atoms with van der Waals surface area (Å²) >= 11 is 0. The molecule has 2 saturated heterocycles. The van der Waals surface area contributed by atoms with Crippen LogP contribution >= 0.6 is 0 Å². The van der Waals surface area contributed by atoms with Crippen molar-refractivity contribution in [3.8, 4) is 11.1 Å². The third-order valence-corrected chi connectivity index (χ3v) is 5.95. The van der Waals surface area contributed by atoms with Gasteiger partial charge in [-0.05, 0) is 47.6 Å². The van der Waals surface area contributed by atoms with E-state index in [-0.39, 0.29) is 11.9 Å². The second-order valence-corrected chi connectivity index (χ2v) is 7.81. The van der Waals surface area contributed by atoms with Crippen molar-refractivity contribution in [2.24, 2.45) is 0 Å². The van der Waals surface area contributed by atoms with Gasteiger partial charge in [-0.25, -0.2) is 0 Å². The van der Waals surface area contributed by atoms with Crippen LogP contribution in [0.4, 0.5) is 13.2 Å². The maximum Gasteiger partial charge on any atom is 0.522 e. The molecule has 2 heterocycles. The van der Waals surface area contributed by atoms with Crippen LogP contribution in [0, 0.1) is 0 Å². The Kier molecular flexibility index (Phi) is 5.12. The number of likely N-dealkylation sites (tertiary alicyclic amines) is 1. The zero-order chi connectivity index (χ0) is 20.6. The van der Waals surface area contributed by atoms with Crippen LogP contribution in [-0.4, -0.2) is 36.3 Å². The van der Waals surface area contributed by atoms with E-state index in [0.29, 0.717) is 11.1 Å². The third kappa shape index (κ3) is 4.02. The highest BCUT2D eigenvalue weighted by Gasteiger charge is 2.49. The minimum absolute atomic E-state index is 0.0454. The molecule has 1 spiro atoms. The number of likely N-dealkylation sites (N-methyl/N-ethyl adjacent to an activating group) is 1. The van der Waals surface area contributed by atoms with Gasteiger partial charge in [0, 0.05) is 19.6 Å². The molecule has 0 aromatic heterocycles. The molecule has 0 bridgehead atoms. The molecule has 1 N–H and O–H groups in total. The predicted molar refractivity (Wildman–Crippen MR) is 103 cm³/mol. The Hall–Kier alpha value is -2.38. The Bertz CT molecular complexity index is 915. The van der Waals surface area contributed by atoms with Crippen LogP contribution in [0.3, 0.4) is 0 Å². The highest BCUT2D eigenvalue weighted by molar-refractivity contribution is 5.88. The number of amides is 1. The Morgan fingerprint density at radius 3 is 2.69 bits per heavy atom. The highest BCUT2D eigenvalue weighted by Crippen LogP contribution is 2.40. The van der Waals surface area contributed by atoms with Crippen molar-refractivity contribution < 1.29 is 22.7 Å². The number of nitrogens with one attached hydrogen (secondary N) is 1. The fourth-order valence-corrected chi connectivity index (χ4v) is 4.43. The molecule has 2 aliphatic heterocycles. The van der Waals surface area contributed by atoms with Gasteiger partial charge in [-0.1, -0.05) is 42.5 Å². The lowest BCUT2D eigenvalue weighted by atomic mass is 9.95. The quantitative estimate of drug-likeness (QED) is 0.821. The fraction of sp³-hybridized carbons (Fsp3) is 0.409. The van der Waals surface area contributed by atoms with Gasteiger partial charge in [0.1, 0.15) is 5.54 Å². The van der Waals surface area contributed by atoms with Crippen LogP contribution in [0.1, 0.15) is 36.4 Å². The highest BCUT2D eigenvalue weighted by atomic mass is 19.4. The largest absolute Gasteiger partial charge is 0.522 e. The van der Waals surface area contributed by atoms with Gasteiger partial charge < -0.3 is 4.90 Å². The number of ether oxygens (including phenoxy) is 1. The number of carbonyl (C=O) groups is 1. The van der Waals surface area contributed by atoms with E-state index >= 15 is 0 Å². The third-order valence-electron chi connectivity index (χ3n) is 5.95. The lowest BCUT2D eigenvalue weighted by Crippen LogP contribution is -2.47. The monoisotopic (exact) mass is 404 g/mol. The summed E-state index contributed by atoms with van der Waals surface area (Å²) in [4.78, 5) is 14.3.